The van der Waals surface area contributed by atoms with E-state index < -0.39 is 5.82 Å². The predicted molar refractivity (Wildman–Crippen MR) is 136 cm³/mol. The van der Waals surface area contributed by atoms with E-state index in [1.165, 1.54) is 11.3 Å². The first-order valence-electron chi connectivity index (χ1n) is 11.4. The van der Waals surface area contributed by atoms with E-state index in [9.17, 15) is 4.79 Å². The number of pyridine rings is 3. The van der Waals surface area contributed by atoms with Crippen LogP contribution in [0, 0.1) is 11.7 Å². The molecule has 7 aromatic heterocycles. The number of aromatic amines is 2. The van der Waals surface area contributed by atoms with Gasteiger partial charge in [-0.05, 0) is 37.1 Å². The van der Waals surface area contributed by atoms with E-state index in [-0.39, 0.29) is 22.7 Å². The maximum absolute atomic E-state index is 16.0. The molecule has 2 N–H and O–H groups in total. The number of rotatable bonds is 1. The van der Waals surface area contributed by atoms with E-state index in [1.807, 2.05) is 18.2 Å². The fourth-order valence-corrected chi connectivity index (χ4v) is 5.74. The Kier molecular flexibility index (Phi) is 3.85. The largest absolute Gasteiger partial charge is 0.336 e. The van der Waals surface area contributed by atoms with Crippen LogP contribution in [0.5, 0.6) is 0 Å². The zero-order valence-electron chi connectivity index (χ0n) is 18.5. The molecule has 36 heavy (non-hydrogen) atoms. The first-order chi connectivity index (χ1) is 17.7. The number of carbonyl (C=O) groups is 1. The molecule has 9 nitrogen and oxygen atoms in total. The van der Waals surface area contributed by atoms with Crippen LogP contribution in [0.25, 0.3) is 64.6 Å². The topological polar surface area (TPSA) is 118 Å². The molecule has 8 bridgehead atoms. The molecule has 0 spiro atoms. The summed E-state index contributed by atoms with van der Waals surface area (Å²) in [5, 5.41) is 7.95. The van der Waals surface area contributed by atoms with Crippen LogP contribution in [-0.4, -0.2) is 45.6 Å². The fraction of sp³-hybridized carbons (Fsp3) is 0.120. The minimum absolute atomic E-state index is 0.000828. The Morgan fingerprint density at radius 1 is 1.03 bits per heavy atom. The van der Waals surface area contributed by atoms with Gasteiger partial charge in [0.05, 0.1) is 39.0 Å². The Labute approximate surface area is 204 Å². The second-order valence-corrected chi connectivity index (χ2v) is 10.0. The van der Waals surface area contributed by atoms with Crippen LogP contribution in [-0.2, 0) is 0 Å². The van der Waals surface area contributed by atoms with Gasteiger partial charge < -0.3 is 4.98 Å². The Morgan fingerprint density at radius 3 is 2.83 bits per heavy atom. The van der Waals surface area contributed by atoms with Crippen molar-refractivity contribution in [2.24, 2.45) is 5.92 Å². The zero-order valence-corrected chi connectivity index (χ0v) is 19.3. The van der Waals surface area contributed by atoms with Gasteiger partial charge in [0, 0.05) is 23.7 Å². The summed E-state index contributed by atoms with van der Waals surface area (Å²) in [5.41, 5.74) is 3.98. The predicted octanol–water partition coefficient (Wildman–Crippen LogP) is 5.41. The van der Waals surface area contributed by atoms with E-state index in [4.69, 9.17) is 4.98 Å². The highest BCUT2D eigenvalue weighted by molar-refractivity contribution is 7.24. The highest BCUT2D eigenvalue weighted by Crippen LogP contribution is 2.34. The summed E-state index contributed by atoms with van der Waals surface area (Å²) in [6.45, 7) is 0. The van der Waals surface area contributed by atoms with Crippen molar-refractivity contribution < 1.29 is 9.18 Å². The van der Waals surface area contributed by atoms with Crippen molar-refractivity contribution in [2.75, 3.05) is 0 Å². The van der Waals surface area contributed by atoms with Crippen molar-refractivity contribution in [3.05, 3.63) is 54.9 Å². The third-order valence-corrected chi connectivity index (χ3v) is 7.69. The maximum atomic E-state index is 16.0. The molecule has 0 unspecified atom stereocenters. The Bertz CT molecular complexity index is 2110. The number of H-pyrrole nitrogens is 2. The molecular formula is C25H15FN8OS. The molecule has 0 amide bonds. The first kappa shape index (κ1) is 19.8. The molecule has 0 aliphatic heterocycles. The van der Waals surface area contributed by atoms with E-state index >= 15 is 4.39 Å². The van der Waals surface area contributed by atoms with Crippen LogP contribution < -0.4 is 0 Å². The number of fused-ring (bicyclic) bond motifs is 9. The van der Waals surface area contributed by atoms with E-state index in [2.05, 4.69) is 30.1 Å². The summed E-state index contributed by atoms with van der Waals surface area (Å²) in [7, 11) is 0. The molecule has 0 atom stereocenters. The number of hydrogen-bond donors (Lipinski definition) is 2. The summed E-state index contributed by atoms with van der Waals surface area (Å²) >= 11 is 1.45. The number of thiophene rings is 1. The standard InChI is InChI=1S/C25H15FN8OS/c26-19-18-15-10-29-20(19)12-7-13(9-27-8-12)34(25(35)11-1-2-11)17-4-3-16(36-17)22-21-14(5-6-28-22)30-24(31-21)23(18)33-32-15/h3-11H,1-2H2,(H,30,31)(H,32,33). The molecule has 0 saturated heterocycles. The summed E-state index contributed by atoms with van der Waals surface area (Å²) in [4.78, 5) is 35.5. The van der Waals surface area contributed by atoms with Gasteiger partial charge in [-0.25, -0.2) is 9.37 Å². The summed E-state index contributed by atoms with van der Waals surface area (Å²) in [5.74, 6) is -0.570. The molecule has 1 fully saturated rings. The van der Waals surface area contributed by atoms with Gasteiger partial charge in [0.15, 0.2) is 11.5 Å². The van der Waals surface area contributed by atoms with Gasteiger partial charge in [-0.15, -0.1) is 11.3 Å². The highest BCUT2D eigenvalue weighted by Gasteiger charge is 2.31. The van der Waals surface area contributed by atoms with Crippen molar-refractivity contribution in [2.45, 2.75) is 12.8 Å². The molecule has 11 heteroatoms. The molecule has 8 rings (SSSR count). The van der Waals surface area contributed by atoms with Crippen LogP contribution in [0.2, 0.25) is 0 Å². The minimum Gasteiger partial charge on any atom is -0.336 e. The third-order valence-electron chi connectivity index (χ3n) is 6.62. The SMILES string of the molecule is O=C(C1CC1)n1c2cncc(c2)c2ncc3[nH]nc(c4nc5c(ccnc5c5ccc1s5)[nH]4)c3c2F. The minimum atomic E-state index is -0.540. The Hall–Kier alpha value is -4.51. The molecule has 0 aromatic carbocycles. The number of nitrogens with zero attached hydrogens (tertiary/aromatic N) is 6. The quantitative estimate of drug-likeness (QED) is 0.315. The lowest BCUT2D eigenvalue weighted by molar-refractivity contribution is 0.0896. The van der Waals surface area contributed by atoms with Crippen LogP contribution in [0.1, 0.15) is 17.6 Å². The van der Waals surface area contributed by atoms with Crippen LogP contribution in [0.15, 0.2) is 49.1 Å². The summed E-state index contributed by atoms with van der Waals surface area (Å²) in [6.07, 6.45) is 8.13. The highest BCUT2D eigenvalue weighted by atomic mass is 32.1. The van der Waals surface area contributed by atoms with Gasteiger partial charge in [-0.2, -0.15) is 5.10 Å². The van der Waals surface area contributed by atoms with E-state index in [0.29, 0.717) is 38.6 Å². The van der Waals surface area contributed by atoms with Gasteiger partial charge in [-0.3, -0.25) is 29.4 Å². The third kappa shape index (κ3) is 2.74. The molecular weight excluding hydrogens is 479 g/mol. The van der Waals surface area contributed by atoms with Gasteiger partial charge >= 0.3 is 0 Å². The molecule has 0 radical (unpaired) electrons. The zero-order chi connectivity index (χ0) is 24.0. The van der Waals surface area contributed by atoms with Gasteiger partial charge in [0.2, 0.25) is 5.91 Å². The van der Waals surface area contributed by atoms with Crippen LogP contribution >= 0.6 is 11.3 Å². The lowest BCUT2D eigenvalue weighted by Crippen LogP contribution is -2.12. The Morgan fingerprint density at radius 2 is 1.94 bits per heavy atom. The van der Waals surface area contributed by atoms with Gasteiger partial charge in [0.1, 0.15) is 26.9 Å². The number of hydrogen-bond acceptors (Lipinski definition) is 7. The number of aromatic nitrogens is 8. The van der Waals surface area contributed by atoms with Crippen molar-refractivity contribution in [1.82, 2.24) is 39.7 Å². The molecule has 1 aliphatic carbocycles. The number of carbonyl (C=O) groups excluding carboxylic acids is 1. The monoisotopic (exact) mass is 494 g/mol. The molecule has 1 saturated carbocycles. The van der Waals surface area contributed by atoms with Crippen LogP contribution in [0.4, 0.5) is 4.39 Å². The first-order valence-corrected chi connectivity index (χ1v) is 12.2. The van der Waals surface area contributed by atoms with Gasteiger partial charge in [-0.1, -0.05) is 0 Å². The average Bonchev–Trinajstić information content (AvgIpc) is 3.26. The summed E-state index contributed by atoms with van der Waals surface area (Å²) < 4.78 is 18.6. The molecule has 1 aliphatic rings. The van der Waals surface area contributed by atoms with Crippen molar-refractivity contribution >= 4 is 81.8 Å². The van der Waals surface area contributed by atoms with Crippen LogP contribution in [0.3, 0.4) is 0 Å². The van der Waals surface area contributed by atoms with Crippen molar-refractivity contribution in [3.8, 4) is 0 Å². The molecule has 7 heterocycles. The number of imidazole rings is 1. The fourth-order valence-electron chi connectivity index (χ4n) is 4.71. The second-order valence-electron chi connectivity index (χ2n) is 8.94. The normalized spacial score (nSPS) is 14.0. The average molecular weight is 495 g/mol. The smallest absolute Gasteiger partial charge is 0.235 e. The maximum Gasteiger partial charge on any atom is 0.235 e. The molecule has 174 valence electrons. The second kappa shape index (κ2) is 7.01. The molecule has 7 aromatic rings. The lowest BCUT2D eigenvalue weighted by atomic mass is 10.2. The van der Waals surface area contributed by atoms with Crippen molar-refractivity contribution in [3.63, 3.8) is 0 Å². The Balaban J connectivity index is 1.67. The van der Waals surface area contributed by atoms with Gasteiger partial charge in [0.25, 0.3) is 0 Å². The number of nitrogens with one attached hydrogen (secondary N) is 2. The number of halogens is 1. The lowest BCUT2D eigenvalue weighted by Gasteiger charge is -2.07. The van der Waals surface area contributed by atoms with Crippen molar-refractivity contribution in [1.29, 1.82) is 0 Å². The van der Waals surface area contributed by atoms with E-state index in [0.717, 1.165) is 27.9 Å². The summed E-state index contributed by atoms with van der Waals surface area (Å²) in [6, 6.07) is 7.43. The van der Waals surface area contributed by atoms with E-state index in [1.54, 1.807) is 35.4 Å².